The first-order valence-electron chi connectivity index (χ1n) is 8.18. The molecule has 0 bridgehead atoms. The van der Waals surface area contributed by atoms with Crippen LogP contribution in [0.5, 0.6) is 0 Å². The van der Waals surface area contributed by atoms with Crippen molar-refractivity contribution in [3.8, 4) is 0 Å². The molecule has 0 saturated heterocycles. The third-order valence-electron chi connectivity index (χ3n) is 3.80. The summed E-state index contributed by atoms with van der Waals surface area (Å²) in [6.45, 7) is 2.28. The molecule has 2 heteroatoms. The van der Waals surface area contributed by atoms with Gasteiger partial charge in [-0.15, -0.1) is 0 Å². The summed E-state index contributed by atoms with van der Waals surface area (Å²) in [4.78, 5) is 0. The van der Waals surface area contributed by atoms with Crippen LogP contribution in [0.25, 0.3) is 0 Å². The van der Waals surface area contributed by atoms with Crippen LogP contribution >= 0.6 is 38.5 Å². The van der Waals surface area contributed by atoms with E-state index in [2.05, 4.69) is 63.6 Å². The largest absolute Gasteiger partial charge is 0.0654 e. The van der Waals surface area contributed by atoms with E-state index in [1.165, 1.54) is 84.2 Å². The van der Waals surface area contributed by atoms with Crippen molar-refractivity contribution >= 4 is 38.5 Å². The van der Waals surface area contributed by atoms with Gasteiger partial charge in [0.25, 0.3) is 0 Å². The molecule has 0 heterocycles. The summed E-state index contributed by atoms with van der Waals surface area (Å²) in [7, 11) is 0. The summed E-state index contributed by atoms with van der Waals surface area (Å²) >= 11 is 5.97. The molecule has 0 aliphatic rings. The van der Waals surface area contributed by atoms with Crippen LogP contribution in [0.4, 0.5) is 0 Å². The first-order chi connectivity index (χ1) is 9.74. The molecule has 0 fully saturated rings. The van der Waals surface area contributed by atoms with Crippen molar-refractivity contribution in [3.63, 3.8) is 0 Å². The first kappa shape index (κ1) is 18.5. The number of hydrogen-bond acceptors (Lipinski definition) is 0. The van der Waals surface area contributed by atoms with E-state index in [4.69, 9.17) is 0 Å². The molecule has 0 aliphatic carbocycles. The second-order valence-corrected chi connectivity index (χ2v) is 7.70. The topological polar surface area (TPSA) is 0 Å². The first-order valence-corrected chi connectivity index (χ1v) is 10.0. The lowest BCUT2D eigenvalue weighted by Crippen LogP contribution is -1.88. The monoisotopic (exact) mass is 450 g/mol. The van der Waals surface area contributed by atoms with E-state index in [1.54, 1.807) is 0 Å². The Balaban J connectivity index is 1.95. The molecule has 1 aromatic rings. The Bertz CT molecular complexity index is 362. The van der Waals surface area contributed by atoms with Gasteiger partial charge in [0.15, 0.2) is 0 Å². The maximum atomic E-state index is 3.61. The summed E-state index contributed by atoms with van der Waals surface area (Å²) in [5.41, 5.74) is 1.47. The minimum absolute atomic E-state index is 1.23. The van der Waals surface area contributed by atoms with Crippen LogP contribution < -0.4 is 0 Å². The Morgan fingerprint density at radius 3 is 1.95 bits per heavy atom. The van der Waals surface area contributed by atoms with Gasteiger partial charge in [-0.1, -0.05) is 70.8 Å². The molecular weight excluding hydrogens is 423 g/mol. The van der Waals surface area contributed by atoms with Crippen LogP contribution in [-0.4, -0.2) is 0 Å². The predicted molar refractivity (Wildman–Crippen MR) is 102 cm³/mol. The normalized spacial score (nSPS) is 10.9. The minimum atomic E-state index is 1.23. The Morgan fingerprint density at radius 1 is 0.850 bits per heavy atom. The second kappa shape index (κ2) is 12.0. The third-order valence-corrected chi connectivity index (χ3v) is 6.14. The van der Waals surface area contributed by atoms with E-state index in [0.717, 1.165) is 0 Å². The number of halogens is 2. The summed E-state index contributed by atoms with van der Waals surface area (Å²) in [6, 6.07) is 6.74. The van der Waals surface area contributed by atoms with E-state index in [-0.39, 0.29) is 0 Å². The molecule has 0 aromatic heterocycles. The van der Waals surface area contributed by atoms with E-state index in [9.17, 15) is 0 Å². The summed E-state index contributed by atoms with van der Waals surface area (Å²) in [5.74, 6) is 0. The molecule has 114 valence electrons. The molecule has 0 radical (unpaired) electrons. The van der Waals surface area contributed by atoms with Gasteiger partial charge >= 0.3 is 0 Å². The van der Waals surface area contributed by atoms with Crippen molar-refractivity contribution in [2.75, 3.05) is 0 Å². The molecule has 0 unspecified atom stereocenters. The van der Waals surface area contributed by atoms with Gasteiger partial charge in [-0.25, -0.2) is 0 Å². The average Bonchev–Trinajstić information content (AvgIpc) is 2.45. The molecule has 0 N–H and O–H groups in total. The molecule has 1 rings (SSSR count). The van der Waals surface area contributed by atoms with Crippen molar-refractivity contribution < 1.29 is 0 Å². The van der Waals surface area contributed by atoms with Gasteiger partial charge in [-0.05, 0) is 69.1 Å². The molecule has 0 atom stereocenters. The second-order valence-electron chi connectivity index (χ2n) is 5.68. The highest BCUT2D eigenvalue weighted by atomic mass is 127. The molecule has 0 aliphatic heterocycles. The van der Waals surface area contributed by atoms with Crippen LogP contribution in [-0.2, 0) is 6.42 Å². The molecule has 0 saturated carbocycles. The van der Waals surface area contributed by atoms with E-state index in [1.807, 2.05) is 0 Å². The highest BCUT2D eigenvalue weighted by Crippen LogP contribution is 2.21. The Kier molecular flexibility index (Phi) is 11.1. The summed E-state index contributed by atoms with van der Waals surface area (Å²) < 4.78 is 2.54. The predicted octanol–water partition coefficient (Wildman–Crippen LogP) is 7.52. The zero-order valence-electron chi connectivity index (χ0n) is 12.8. The van der Waals surface area contributed by atoms with Crippen LogP contribution in [0.1, 0.15) is 76.7 Å². The molecule has 0 amide bonds. The van der Waals surface area contributed by atoms with Crippen LogP contribution in [0, 0.1) is 3.57 Å². The van der Waals surface area contributed by atoms with Gasteiger partial charge < -0.3 is 0 Å². The van der Waals surface area contributed by atoms with Crippen LogP contribution in [0.3, 0.4) is 0 Å². The van der Waals surface area contributed by atoms with Gasteiger partial charge in [-0.3, -0.25) is 0 Å². The Hall–Kier alpha value is 0.430. The number of unbranched alkanes of at least 4 members (excludes halogenated alkanes) is 9. The number of aryl methyl sites for hydroxylation is 1. The fraction of sp³-hybridized carbons (Fsp3) is 0.667. The molecular formula is C18H28BrI. The van der Waals surface area contributed by atoms with Gasteiger partial charge in [0.1, 0.15) is 0 Å². The standard InChI is InChI=1S/C18H28BrI/c1-2-3-4-5-6-7-8-9-10-11-12-16-13-14-18(20)17(19)15-16/h13-15H,2-12H2,1H3. The van der Waals surface area contributed by atoms with E-state index in [0.29, 0.717) is 0 Å². The van der Waals surface area contributed by atoms with Crippen LogP contribution in [0.15, 0.2) is 22.7 Å². The summed E-state index contributed by atoms with van der Waals surface area (Å²) in [6.07, 6.45) is 15.4. The van der Waals surface area contributed by atoms with Gasteiger partial charge in [0, 0.05) is 8.04 Å². The van der Waals surface area contributed by atoms with E-state index < -0.39 is 0 Å². The maximum absolute atomic E-state index is 3.61. The zero-order valence-corrected chi connectivity index (χ0v) is 16.5. The smallest absolute Gasteiger partial charge is 0.0311 e. The summed E-state index contributed by atoms with van der Waals surface area (Å²) in [5, 5.41) is 0. The van der Waals surface area contributed by atoms with Crippen molar-refractivity contribution in [1.29, 1.82) is 0 Å². The van der Waals surface area contributed by atoms with Crippen molar-refractivity contribution in [1.82, 2.24) is 0 Å². The number of hydrogen-bond donors (Lipinski definition) is 0. The van der Waals surface area contributed by atoms with Crippen molar-refractivity contribution in [2.24, 2.45) is 0 Å². The zero-order chi connectivity index (χ0) is 14.6. The van der Waals surface area contributed by atoms with Crippen molar-refractivity contribution in [3.05, 3.63) is 31.8 Å². The van der Waals surface area contributed by atoms with E-state index >= 15 is 0 Å². The molecule has 0 nitrogen and oxygen atoms in total. The highest BCUT2D eigenvalue weighted by molar-refractivity contribution is 14.1. The highest BCUT2D eigenvalue weighted by Gasteiger charge is 1.99. The Labute approximate surface area is 147 Å². The maximum Gasteiger partial charge on any atom is 0.0311 e. The fourth-order valence-electron chi connectivity index (χ4n) is 2.51. The lowest BCUT2D eigenvalue weighted by atomic mass is 10.0. The number of rotatable bonds is 11. The Morgan fingerprint density at radius 2 is 1.40 bits per heavy atom. The SMILES string of the molecule is CCCCCCCCCCCCc1ccc(I)c(Br)c1. The van der Waals surface area contributed by atoms with Gasteiger partial charge in [0.2, 0.25) is 0 Å². The van der Waals surface area contributed by atoms with Gasteiger partial charge in [0.05, 0.1) is 0 Å². The fourth-order valence-corrected chi connectivity index (χ4v) is 3.27. The molecule has 1 aromatic carbocycles. The quantitative estimate of drug-likeness (QED) is 0.241. The third kappa shape index (κ3) is 8.66. The lowest BCUT2D eigenvalue weighted by molar-refractivity contribution is 0.556. The molecule has 0 spiro atoms. The molecule has 20 heavy (non-hydrogen) atoms. The lowest BCUT2D eigenvalue weighted by Gasteiger charge is -2.04. The van der Waals surface area contributed by atoms with Gasteiger partial charge in [-0.2, -0.15) is 0 Å². The number of benzene rings is 1. The minimum Gasteiger partial charge on any atom is -0.0654 e. The van der Waals surface area contributed by atoms with Crippen LogP contribution in [0.2, 0.25) is 0 Å². The average molecular weight is 451 g/mol. The van der Waals surface area contributed by atoms with Crippen molar-refractivity contribution in [2.45, 2.75) is 77.6 Å².